The summed E-state index contributed by atoms with van der Waals surface area (Å²) in [5, 5.41) is 11.3. The van der Waals surface area contributed by atoms with Crippen molar-refractivity contribution in [3.05, 3.63) is 65.7 Å². The van der Waals surface area contributed by atoms with Crippen LogP contribution in [-0.4, -0.2) is 27.9 Å². The summed E-state index contributed by atoms with van der Waals surface area (Å²) >= 11 is 1.27. The molecule has 28 heavy (non-hydrogen) atoms. The molecule has 0 aliphatic heterocycles. The molecule has 0 fully saturated rings. The number of hydrogen-bond donors (Lipinski definition) is 1. The standard InChI is InChI=1S/C22H25N3O2S/c1-4-17(18-10-6-5-7-11-18)14-23-20(26)16(3)28-22-25-24-21(27-22)19-12-8-9-15(2)13-19/h5-13,16-17H,4,14H2,1-3H3,(H,23,26)/t16-,17+/m0/s1. The van der Waals surface area contributed by atoms with Gasteiger partial charge in [0.1, 0.15) is 0 Å². The molecule has 0 saturated heterocycles. The summed E-state index contributed by atoms with van der Waals surface area (Å²) in [7, 11) is 0. The number of nitrogens with one attached hydrogen (secondary N) is 1. The van der Waals surface area contributed by atoms with E-state index in [1.54, 1.807) is 0 Å². The van der Waals surface area contributed by atoms with Crippen molar-refractivity contribution >= 4 is 17.7 Å². The predicted octanol–water partition coefficient (Wildman–Crippen LogP) is 4.84. The van der Waals surface area contributed by atoms with Crippen molar-refractivity contribution in [2.24, 2.45) is 0 Å². The lowest BCUT2D eigenvalue weighted by Gasteiger charge is -2.17. The molecular weight excluding hydrogens is 370 g/mol. The van der Waals surface area contributed by atoms with Crippen LogP contribution in [0.2, 0.25) is 0 Å². The third-order valence-electron chi connectivity index (χ3n) is 4.60. The van der Waals surface area contributed by atoms with Crippen molar-refractivity contribution in [3.8, 4) is 11.5 Å². The molecule has 2 atom stereocenters. The molecule has 0 aliphatic carbocycles. The quantitative estimate of drug-likeness (QED) is 0.553. The van der Waals surface area contributed by atoms with E-state index >= 15 is 0 Å². The Morgan fingerprint density at radius 1 is 1.14 bits per heavy atom. The first kappa shape index (κ1) is 20.1. The molecule has 1 N–H and O–H groups in total. The Balaban J connectivity index is 1.56. The van der Waals surface area contributed by atoms with Crippen molar-refractivity contribution in [2.45, 2.75) is 43.6 Å². The third kappa shape index (κ3) is 5.23. The molecule has 2 aromatic carbocycles. The molecule has 3 aromatic rings. The maximum atomic E-state index is 12.5. The number of rotatable bonds is 8. The van der Waals surface area contributed by atoms with Gasteiger partial charge in [-0.25, -0.2) is 0 Å². The molecule has 1 heterocycles. The number of aryl methyl sites for hydroxylation is 1. The molecule has 3 rings (SSSR count). The van der Waals surface area contributed by atoms with Gasteiger partial charge in [-0.05, 0) is 38.0 Å². The van der Waals surface area contributed by atoms with E-state index in [1.807, 2.05) is 56.3 Å². The predicted molar refractivity (Wildman–Crippen MR) is 112 cm³/mol. The fraction of sp³-hybridized carbons (Fsp3) is 0.318. The minimum atomic E-state index is -0.320. The number of thioether (sulfide) groups is 1. The van der Waals surface area contributed by atoms with E-state index in [0.717, 1.165) is 17.5 Å². The van der Waals surface area contributed by atoms with Crippen molar-refractivity contribution in [1.29, 1.82) is 0 Å². The highest BCUT2D eigenvalue weighted by molar-refractivity contribution is 8.00. The molecule has 0 bridgehead atoms. The summed E-state index contributed by atoms with van der Waals surface area (Å²) in [6.45, 7) is 6.61. The molecule has 0 radical (unpaired) electrons. The maximum Gasteiger partial charge on any atom is 0.277 e. The topological polar surface area (TPSA) is 68.0 Å². The lowest BCUT2D eigenvalue weighted by Crippen LogP contribution is -2.34. The monoisotopic (exact) mass is 395 g/mol. The molecule has 0 aliphatic rings. The van der Waals surface area contributed by atoms with Gasteiger partial charge in [-0.1, -0.05) is 66.7 Å². The molecule has 1 aromatic heterocycles. The van der Waals surface area contributed by atoms with E-state index < -0.39 is 0 Å². The van der Waals surface area contributed by atoms with E-state index in [1.165, 1.54) is 17.3 Å². The number of nitrogens with zero attached hydrogens (tertiary/aromatic N) is 2. The molecule has 0 unspecified atom stereocenters. The smallest absolute Gasteiger partial charge is 0.277 e. The molecule has 6 heteroatoms. The van der Waals surface area contributed by atoms with Crippen LogP contribution < -0.4 is 5.32 Å². The largest absolute Gasteiger partial charge is 0.411 e. The number of aromatic nitrogens is 2. The first-order valence-electron chi connectivity index (χ1n) is 9.46. The zero-order valence-corrected chi connectivity index (χ0v) is 17.2. The Kier molecular flexibility index (Phi) is 6.87. The highest BCUT2D eigenvalue weighted by atomic mass is 32.2. The molecule has 146 valence electrons. The van der Waals surface area contributed by atoms with E-state index in [-0.39, 0.29) is 11.2 Å². The van der Waals surface area contributed by atoms with Gasteiger partial charge in [0.05, 0.1) is 5.25 Å². The summed E-state index contributed by atoms with van der Waals surface area (Å²) in [4.78, 5) is 12.5. The fourth-order valence-electron chi connectivity index (χ4n) is 2.95. The maximum absolute atomic E-state index is 12.5. The van der Waals surface area contributed by atoms with Crippen LogP contribution in [0.4, 0.5) is 0 Å². The summed E-state index contributed by atoms with van der Waals surface area (Å²) in [5.41, 5.74) is 3.25. The van der Waals surface area contributed by atoms with E-state index in [0.29, 0.717) is 23.6 Å². The summed E-state index contributed by atoms with van der Waals surface area (Å²) < 4.78 is 5.72. The second-order valence-electron chi connectivity index (χ2n) is 6.76. The minimum Gasteiger partial charge on any atom is -0.411 e. The average Bonchev–Trinajstić information content (AvgIpc) is 3.17. The van der Waals surface area contributed by atoms with Crippen molar-refractivity contribution in [1.82, 2.24) is 15.5 Å². The minimum absolute atomic E-state index is 0.0327. The van der Waals surface area contributed by atoms with E-state index in [2.05, 4.69) is 34.6 Å². The highest BCUT2D eigenvalue weighted by Crippen LogP contribution is 2.27. The molecular formula is C22H25N3O2S. The number of benzene rings is 2. The Morgan fingerprint density at radius 3 is 2.64 bits per heavy atom. The fourth-order valence-corrected chi connectivity index (χ4v) is 3.66. The van der Waals surface area contributed by atoms with Crippen molar-refractivity contribution in [3.63, 3.8) is 0 Å². The molecule has 1 amide bonds. The Labute approximate surface area is 170 Å². The van der Waals surface area contributed by atoms with Crippen LogP contribution in [0.15, 0.2) is 64.2 Å². The van der Waals surface area contributed by atoms with Gasteiger partial charge in [-0.2, -0.15) is 0 Å². The normalized spacial score (nSPS) is 13.1. The third-order valence-corrected chi connectivity index (χ3v) is 5.54. The van der Waals surface area contributed by atoms with Crippen LogP contribution in [0.1, 0.15) is 37.3 Å². The van der Waals surface area contributed by atoms with Gasteiger partial charge in [-0.3, -0.25) is 4.79 Å². The molecule has 5 nitrogen and oxygen atoms in total. The van der Waals surface area contributed by atoms with Gasteiger partial charge in [0.25, 0.3) is 5.22 Å². The molecule has 0 spiro atoms. The second-order valence-corrected chi connectivity index (χ2v) is 8.06. The van der Waals surface area contributed by atoms with E-state index in [4.69, 9.17) is 4.42 Å². The van der Waals surface area contributed by atoms with Gasteiger partial charge in [0, 0.05) is 18.0 Å². The van der Waals surface area contributed by atoms with Gasteiger partial charge in [-0.15, -0.1) is 10.2 Å². The number of amides is 1. The Bertz CT molecular complexity index is 911. The zero-order chi connectivity index (χ0) is 19.9. The van der Waals surface area contributed by atoms with Gasteiger partial charge < -0.3 is 9.73 Å². The first-order valence-corrected chi connectivity index (χ1v) is 10.3. The highest BCUT2D eigenvalue weighted by Gasteiger charge is 2.20. The van der Waals surface area contributed by atoms with Crippen LogP contribution in [0, 0.1) is 6.92 Å². The van der Waals surface area contributed by atoms with Crippen LogP contribution >= 0.6 is 11.8 Å². The number of carbonyl (C=O) groups excluding carboxylic acids is 1. The average molecular weight is 396 g/mol. The van der Waals surface area contributed by atoms with Crippen LogP contribution in [-0.2, 0) is 4.79 Å². The van der Waals surface area contributed by atoms with Crippen LogP contribution in [0.25, 0.3) is 11.5 Å². The van der Waals surface area contributed by atoms with Crippen LogP contribution in [0.5, 0.6) is 0 Å². The van der Waals surface area contributed by atoms with Crippen molar-refractivity contribution < 1.29 is 9.21 Å². The lowest BCUT2D eigenvalue weighted by atomic mass is 9.96. The van der Waals surface area contributed by atoms with Crippen molar-refractivity contribution in [2.75, 3.05) is 6.54 Å². The Morgan fingerprint density at radius 2 is 1.93 bits per heavy atom. The summed E-state index contributed by atoms with van der Waals surface area (Å²) in [6.07, 6.45) is 0.968. The lowest BCUT2D eigenvalue weighted by molar-refractivity contribution is -0.120. The van der Waals surface area contributed by atoms with Gasteiger partial charge in [0.15, 0.2) is 0 Å². The number of hydrogen-bond acceptors (Lipinski definition) is 5. The van der Waals surface area contributed by atoms with Gasteiger partial charge >= 0.3 is 0 Å². The zero-order valence-electron chi connectivity index (χ0n) is 16.4. The summed E-state index contributed by atoms with van der Waals surface area (Å²) in [6, 6.07) is 18.2. The van der Waals surface area contributed by atoms with E-state index in [9.17, 15) is 4.79 Å². The SMILES string of the molecule is CC[C@H](CNC(=O)[C@H](C)Sc1nnc(-c2cccc(C)c2)o1)c1ccccc1. The number of carbonyl (C=O) groups is 1. The first-order chi connectivity index (χ1) is 13.6. The van der Waals surface area contributed by atoms with Gasteiger partial charge in [0.2, 0.25) is 11.8 Å². The van der Waals surface area contributed by atoms with Crippen LogP contribution in [0.3, 0.4) is 0 Å². The summed E-state index contributed by atoms with van der Waals surface area (Å²) in [5.74, 6) is 0.738. The second kappa shape index (κ2) is 9.55. The molecule has 0 saturated carbocycles. The Hall–Kier alpha value is -2.60.